The molecule has 2 amide bonds. The molecular weight excluding hydrogens is 192 g/mol. The van der Waals surface area contributed by atoms with Crippen molar-refractivity contribution in [2.75, 3.05) is 32.7 Å². The molecule has 86 valence electrons. The Balaban J connectivity index is 1.91. The molecule has 2 rings (SSSR count). The van der Waals surface area contributed by atoms with Crippen LogP contribution in [-0.4, -0.2) is 60.1 Å². The molecular formula is C10H20N4O. The van der Waals surface area contributed by atoms with Gasteiger partial charge in [-0.1, -0.05) is 0 Å². The molecule has 5 nitrogen and oxygen atoms in total. The van der Waals surface area contributed by atoms with Crippen molar-refractivity contribution in [3.8, 4) is 0 Å². The Labute approximate surface area is 90.6 Å². The van der Waals surface area contributed by atoms with E-state index in [1.165, 1.54) is 0 Å². The summed E-state index contributed by atoms with van der Waals surface area (Å²) in [4.78, 5) is 15.7. The first kappa shape index (κ1) is 10.7. The zero-order valence-corrected chi connectivity index (χ0v) is 9.49. The molecule has 0 spiro atoms. The van der Waals surface area contributed by atoms with Gasteiger partial charge in [0.2, 0.25) is 0 Å². The van der Waals surface area contributed by atoms with E-state index in [9.17, 15) is 4.79 Å². The molecule has 0 aliphatic carbocycles. The first-order chi connectivity index (χ1) is 6.96. The van der Waals surface area contributed by atoms with Gasteiger partial charge in [0, 0.05) is 38.3 Å². The molecule has 0 aromatic heterocycles. The van der Waals surface area contributed by atoms with Gasteiger partial charge in [-0.15, -0.1) is 0 Å². The van der Waals surface area contributed by atoms with E-state index in [1.807, 2.05) is 18.7 Å². The molecule has 5 heteroatoms. The van der Waals surface area contributed by atoms with Gasteiger partial charge >= 0.3 is 6.03 Å². The Bertz CT molecular complexity index is 261. The number of nitrogens with one attached hydrogen (secondary N) is 1. The summed E-state index contributed by atoms with van der Waals surface area (Å²) in [5.74, 6) is 0. The van der Waals surface area contributed by atoms with Crippen molar-refractivity contribution in [1.82, 2.24) is 15.1 Å². The Morgan fingerprint density at radius 2 is 2.27 bits per heavy atom. The number of hydrogen-bond donors (Lipinski definition) is 2. The predicted octanol–water partition coefficient (Wildman–Crippen LogP) is -0.567. The number of carbonyl (C=O) groups is 1. The fourth-order valence-corrected chi connectivity index (χ4v) is 2.39. The first-order valence-electron chi connectivity index (χ1n) is 5.51. The lowest BCUT2D eigenvalue weighted by atomic mass is 10.1. The summed E-state index contributed by atoms with van der Waals surface area (Å²) in [6.45, 7) is 8.46. The van der Waals surface area contributed by atoms with Gasteiger partial charge in [0.25, 0.3) is 0 Å². The third kappa shape index (κ3) is 2.41. The Hall–Kier alpha value is -0.810. The molecule has 2 heterocycles. The summed E-state index contributed by atoms with van der Waals surface area (Å²) in [6, 6.07) is 0.431. The average molecular weight is 212 g/mol. The summed E-state index contributed by atoms with van der Waals surface area (Å²) >= 11 is 0. The van der Waals surface area contributed by atoms with Crippen LogP contribution in [0.1, 0.15) is 13.8 Å². The minimum absolute atomic E-state index is 0.0895. The number of hydrogen-bond acceptors (Lipinski definition) is 3. The summed E-state index contributed by atoms with van der Waals surface area (Å²) in [7, 11) is 0. The average Bonchev–Trinajstić information content (AvgIpc) is 2.45. The van der Waals surface area contributed by atoms with Gasteiger partial charge in [0.15, 0.2) is 0 Å². The van der Waals surface area contributed by atoms with Gasteiger partial charge in [-0.2, -0.15) is 0 Å². The number of nitrogens with zero attached hydrogens (tertiary/aromatic N) is 2. The molecule has 2 fully saturated rings. The molecule has 0 bridgehead atoms. The predicted molar refractivity (Wildman–Crippen MR) is 58.6 cm³/mol. The molecule has 0 saturated carbocycles. The highest BCUT2D eigenvalue weighted by molar-refractivity contribution is 5.77. The molecule has 3 N–H and O–H groups in total. The molecule has 0 aromatic carbocycles. The van der Waals surface area contributed by atoms with Crippen molar-refractivity contribution >= 4 is 6.03 Å². The second-order valence-corrected chi connectivity index (χ2v) is 5.26. The maximum atomic E-state index is 11.4. The minimum Gasteiger partial charge on any atom is -0.336 e. The monoisotopic (exact) mass is 212 g/mol. The van der Waals surface area contributed by atoms with Crippen LogP contribution < -0.4 is 11.1 Å². The molecule has 0 aromatic rings. The van der Waals surface area contributed by atoms with E-state index in [4.69, 9.17) is 5.73 Å². The van der Waals surface area contributed by atoms with Crippen molar-refractivity contribution in [1.29, 1.82) is 0 Å². The quantitative estimate of drug-likeness (QED) is 0.644. The third-order valence-corrected chi connectivity index (χ3v) is 2.95. The Morgan fingerprint density at radius 1 is 1.53 bits per heavy atom. The Morgan fingerprint density at radius 3 is 2.93 bits per heavy atom. The van der Waals surface area contributed by atoms with Crippen LogP contribution in [0.4, 0.5) is 4.79 Å². The number of amides is 2. The third-order valence-electron chi connectivity index (χ3n) is 2.95. The standard InChI is InChI=1S/C10H20N4O/c1-10(2,11)7-13-3-4-14-8(6-13)5-12-9(14)15/h8H,3-7,11H2,1-2H3,(H,12,15). The molecule has 2 aliphatic rings. The van der Waals surface area contributed by atoms with Gasteiger partial charge in [0.05, 0.1) is 6.04 Å². The van der Waals surface area contributed by atoms with Gasteiger partial charge < -0.3 is 16.0 Å². The highest BCUT2D eigenvalue weighted by Gasteiger charge is 2.36. The minimum atomic E-state index is -0.155. The molecule has 15 heavy (non-hydrogen) atoms. The van der Waals surface area contributed by atoms with E-state index in [2.05, 4.69) is 10.2 Å². The van der Waals surface area contributed by atoms with Crippen LogP contribution in [-0.2, 0) is 0 Å². The summed E-state index contributed by atoms with van der Waals surface area (Å²) in [5, 5.41) is 2.87. The van der Waals surface area contributed by atoms with Crippen molar-refractivity contribution in [2.45, 2.75) is 25.4 Å². The Kier molecular flexibility index (Phi) is 2.60. The zero-order chi connectivity index (χ0) is 11.1. The highest BCUT2D eigenvalue weighted by Crippen LogP contribution is 2.15. The van der Waals surface area contributed by atoms with Gasteiger partial charge in [-0.25, -0.2) is 4.79 Å². The van der Waals surface area contributed by atoms with E-state index in [1.54, 1.807) is 0 Å². The zero-order valence-electron chi connectivity index (χ0n) is 9.49. The first-order valence-corrected chi connectivity index (χ1v) is 5.51. The lowest BCUT2D eigenvalue weighted by Gasteiger charge is -2.39. The van der Waals surface area contributed by atoms with Crippen LogP contribution in [0.2, 0.25) is 0 Å². The maximum absolute atomic E-state index is 11.4. The van der Waals surface area contributed by atoms with Gasteiger partial charge in [-0.05, 0) is 13.8 Å². The number of rotatable bonds is 2. The number of piperazine rings is 1. The van der Waals surface area contributed by atoms with Crippen LogP contribution in [0, 0.1) is 0 Å². The van der Waals surface area contributed by atoms with Crippen LogP contribution in [0.3, 0.4) is 0 Å². The summed E-state index contributed by atoms with van der Waals surface area (Å²) < 4.78 is 0. The largest absolute Gasteiger partial charge is 0.336 e. The number of fused-ring (bicyclic) bond motifs is 1. The lowest BCUT2D eigenvalue weighted by molar-refractivity contribution is 0.107. The van der Waals surface area contributed by atoms with Crippen LogP contribution in [0.5, 0.6) is 0 Å². The smallest absolute Gasteiger partial charge is 0.317 e. The lowest BCUT2D eigenvalue weighted by Crippen LogP contribution is -2.56. The number of urea groups is 1. The van der Waals surface area contributed by atoms with E-state index in [0.29, 0.717) is 6.04 Å². The second kappa shape index (κ2) is 3.64. The topological polar surface area (TPSA) is 61.6 Å². The van der Waals surface area contributed by atoms with Crippen molar-refractivity contribution in [3.63, 3.8) is 0 Å². The maximum Gasteiger partial charge on any atom is 0.317 e. The van der Waals surface area contributed by atoms with Crippen molar-refractivity contribution < 1.29 is 4.79 Å². The molecule has 2 saturated heterocycles. The van der Waals surface area contributed by atoms with E-state index in [-0.39, 0.29) is 11.6 Å². The SMILES string of the molecule is CC(C)(N)CN1CCN2C(=O)NCC2C1. The summed E-state index contributed by atoms with van der Waals surface area (Å²) in [6.07, 6.45) is 0. The second-order valence-electron chi connectivity index (χ2n) is 5.26. The molecule has 1 unspecified atom stereocenters. The number of nitrogens with two attached hydrogens (primary N) is 1. The van der Waals surface area contributed by atoms with Crippen LogP contribution in [0.25, 0.3) is 0 Å². The fraction of sp³-hybridized carbons (Fsp3) is 0.900. The number of carbonyl (C=O) groups excluding carboxylic acids is 1. The van der Waals surface area contributed by atoms with E-state index >= 15 is 0 Å². The summed E-state index contributed by atoms with van der Waals surface area (Å²) in [5.41, 5.74) is 5.84. The van der Waals surface area contributed by atoms with Gasteiger partial charge in [-0.3, -0.25) is 4.90 Å². The highest BCUT2D eigenvalue weighted by atomic mass is 16.2. The molecule has 0 radical (unpaired) electrons. The van der Waals surface area contributed by atoms with Crippen LogP contribution in [0.15, 0.2) is 0 Å². The van der Waals surface area contributed by atoms with Gasteiger partial charge in [0.1, 0.15) is 0 Å². The van der Waals surface area contributed by atoms with Crippen molar-refractivity contribution in [2.24, 2.45) is 5.73 Å². The normalized spacial score (nSPS) is 27.8. The van der Waals surface area contributed by atoms with Crippen molar-refractivity contribution in [3.05, 3.63) is 0 Å². The van der Waals surface area contributed by atoms with Crippen LogP contribution >= 0.6 is 0 Å². The fourth-order valence-electron chi connectivity index (χ4n) is 2.39. The molecule has 1 atom stereocenters. The van der Waals surface area contributed by atoms with E-state index < -0.39 is 0 Å². The molecule has 2 aliphatic heterocycles. The van der Waals surface area contributed by atoms with E-state index in [0.717, 1.165) is 32.7 Å².